The molecule has 1 atom stereocenters. The molecule has 68 valence electrons. The smallest absolute Gasteiger partial charge is 0.304 e. The van der Waals surface area contributed by atoms with Crippen LogP contribution in [0.3, 0.4) is 0 Å². The van der Waals surface area contributed by atoms with E-state index in [0.29, 0.717) is 0 Å². The zero-order valence-electron chi connectivity index (χ0n) is 7.98. The Morgan fingerprint density at radius 3 is 2.50 bits per heavy atom. The first-order valence-electron chi connectivity index (χ1n) is 4.34. The van der Waals surface area contributed by atoms with Crippen LogP contribution in [0.15, 0.2) is 11.1 Å². The summed E-state index contributed by atoms with van der Waals surface area (Å²) in [5.41, 5.74) is 2.58. The van der Waals surface area contributed by atoms with Crippen molar-refractivity contribution in [2.45, 2.75) is 40.0 Å². The summed E-state index contributed by atoms with van der Waals surface area (Å²) in [6, 6.07) is 0. The van der Waals surface area contributed by atoms with Crippen LogP contribution in [0.5, 0.6) is 0 Å². The zero-order valence-corrected chi connectivity index (χ0v) is 7.98. The van der Waals surface area contributed by atoms with Gasteiger partial charge in [0.1, 0.15) is 0 Å². The van der Waals surface area contributed by atoms with Gasteiger partial charge in [0.2, 0.25) is 0 Å². The van der Waals surface area contributed by atoms with E-state index >= 15 is 0 Å². The van der Waals surface area contributed by atoms with Crippen molar-refractivity contribution in [2.75, 3.05) is 0 Å². The average molecular weight is 168 g/mol. The SMILES string of the molecule is CC1=C(C)C(C)(CC(=O)O)CC1. The van der Waals surface area contributed by atoms with E-state index in [1.165, 1.54) is 11.1 Å². The molecule has 0 spiro atoms. The normalized spacial score (nSPS) is 29.6. The van der Waals surface area contributed by atoms with Gasteiger partial charge >= 0.3 is 5.97 Å². The zero-order chi connectivity index (χ0) is 9.35. The monoisotopic (exact) mass is 168 g/mol. The van der Waals surface area contributed by atoms with Gasteiger partial charge in [0.25, 0.3) is 0 Å². The Hall–Kier alpha value is -0.790. The van der Waals surface area contributed by atoms with E-state index in [9.17, 15) is 4.79 Å². The highest BCUT2D eigenvalue weighted by molar-refractivity contribution is 5.68. The topological polar surface area (TPSA) is 37.3 Å². The maximum absolute atomic E-state index is 10.6. The van der Waals surface area contributed by atoms with Gasteiger partial charge in [0.05, 0.1) is 6.42 Å². The molecule has 0 fully saturated rings. The van der Waals surface area contributed by atoms with Crippen LogP contribution < -0.4 is 0 Å². The Labute approximate surface area is 73.3 Å². The second-order valence-corrected chi connectivity index (χ2v) is 4.04. The van der Waals surface area contributed by atoms with E-state index in [-0.39, 0.29) is 11.8 Å². The number of hydrogen-bond acceptors (Lipinski definition) is 1. The molecule has 0 aliphatic heterocycles. The number of rotatable bonds is 2. The third-order valence-corrected chi connectivity index (χ3v) is 3.14. The highest BCUT2D eigenvalue weighted by Gasteiger charge is 2.34. The lowest BCUT2D eigenvalue weighted by Gasteiger charge is -2.23. The number of carboxylic acid groups (broad SMARTS) is 1. The lowest BCUT2D eigenvalue weighted by Crippen LogP contribution is -2.18. The molecular weight excluding hydrogens is 152 g/mol. The van der Waals surface area contributed by atoms with Crippen molar-refractivity contribution in [3.63, 3.8) is 0 Å². The van der Waals surface area contributed by atoms with E-state index in [0.717, 1.165) is 12.8 Å². The van der Waals surface area contributed by atoms with Gasteiger partial charge in [-0.25, -0.2) is 0 Å². The maximum atomic E-state index is 10.6. The number of allylic oxidation sites excluding steroid dienone is 2. The van der Waals surface area contributed by atoms with Crippen LogP contribution in [0.25, 0.3) is 0 Å². The van der Waals surface area contributed by atoms with Crippen LogP contribution in [0.1, 0.15) is 40.0 Å². The van der Waals surface area contributed by atoms with Crippen molar-refractivity contribution in [1.29, 1.82) is 0 Å². The molecule has 0 saturated heterocycles. The van der Waals surface area contributed by atoms with Crippen molar-refractivity contribution in [1.82, 2.24) is 0 Å². The first-order chi connectivity index (χ1) is 5.46. The van der Waals surface area contributed by atoms with Gasteiger partial charge in [-0.1, -0.05) is 18.1 Å². The van der Waals surface area contributed by atoms with E-state index in [4.69, 9.17) is 5.11 Å². The fourth-order valence-electron chi connectivity index (χ4n) is 1.91. The minimum atomic E-state index is -0.688. The predicted molar refractivity (Wildman–Crippen MR) is 48.0 cm³/mol. The average Bonchev–Trinajstić information content (AvgIpc) is 2.16. The van der Waals surface area contributed by atoms with E-state index < -0.39 is 5.97 Å². The van der Waals surface area contributed by atoms with Gasteiger partial charge in [0.15, 0.2) is 0 Å². The quantitative estimate of drug-likeness (QED) is 0.643. The second-order valence-electron chi connectivity index (χ2n) is 4.04. The Bertz CT molecular complexity index is 240. The molecule has 0 saturated carbocycles. The molecule has 0 amide bonds. The van der Waals surface area contributed by atoms with Crippen molar-refractivity contribution in [2.24, 2.45) is 5.41 Å². The Balaban J connectivity index is 2.80. The first kappa shape index (κ1) is 9.30. The van der Waals surface area contributed by atoms with Crippen molar-refractivity contribution >= 4 is 5.97 Å². The van der Waals surface area contributed by atoms with Crippen LogP contribution >= 0.6 is 0 Å². The summed E-state index contributed by atoms with van der Waals surface area (Å²) in [6.07, 6.45) is 2.34. The third-order valence-electron chi connectivity index (χ3n) is 3.14. The number of carboxylic acids is 1. The molecule has 1 aliphatic carbocycles. The van der Waals surface area contributed by atoms with Gasteiger partial charge in [-0.15, -0.1) is 0 Å². The minimum Gasteiger partial charge on any atom is -0.481 e. The summed E-state index contributed by atoms with van der Waals surface area (Å²) < 4.78 is 0. The highest BCUT2D eigenvalue weighted by Crippen LogP contribution is 2.44. The molecule has 1 N–H and O–H groups in total. The van der Waals surface area contributed by atoms with Crippen molar-refractivity contribution in [3.05, 3.63) is 11.1 Å². The summed E-state index contributed by atoms with van der Waals surface area (Å²) in [4.78, 5) is 10.6. The summed E-state index contributed by atoms with van der Waals surface area (Å²) in [5.74, 6) is -0.688. The molecule has 0 heterocycles. The maximum Gasteiger partial charge on any atom is 0.304 e. The molecule has 2 heteroatoms. The molecule has 1 unspecified atom stereocenters. The first-order valence-corrected chi connectivity index (χ1v) is 4.34. The van der Waals surface area contributed by atoms with Gasteiger partial charge in [-0.3, -0.25) is 4.79 Å². The van der Waals surface area contributed by atoms with Crippen LogP contribution in [-0.2, 0) is 4.79 Å². The van der Waals surface area contributed by atoms with Gasteiger partial charge in [-0.05, 0) is 32.1 Å². The number of hydrogen-bond donors (Lipinski definition) is 1. The van der Waals surface area contributed by atoms with E-state index in [2.05, 4.69) is 13.8 Å². The van der Waals surface area contributed by atoms with Gasteiger partial charge in [0, 0.05) is 0 Å². The molecule has 1 rings (SSSR count). The third kappa shape index (κ3) is 1.52. The second kappa shape index (κ2) is 2.92. The molecule has 1 aliphatic rings. The molecule has 0 radical (unpaired) electrons. The minimum absolute atomic E-state index is 0.0735. The Morgan fingerprint density at radius 2 is 2.17 bits per heavy atom. The standard InChI is InChI=1S/C10H16O2/c1-7-4-5-10(3,8(7)2)6-9(11)12/h4-6H2,1-3H3,(H,11,12). The lowest BCUT2D eigenvalue weighted by atomic mass is 9.81. The highest BCUT2D eigenvalue weighted by atomic mass is 16.4. The largest absolute Gasteiger partial charge is 0.481 e. The molecule has 2 nitrogen and oxygen atoms in total. The summed E-state index contributed by atoms with van der Waals surface area (Å²) in [6.45, 7) is 6.21. The van der Waals surface area contributed by atoms with Crippen LogP contribution in [0, 0.1) is 5.41 Å². The fourth-order valence-corrected chi connectivity index (χ4v) is 1.91. The van der Waals surface area contributed by atoms with Gasteiger partial charge < -0.3 is 5.11 Å². The molecular formula is C10H16O2. The van der Waals surface area contributed by atoms with Gasteiger partial charge in [-0.2, -0.15) is 0 Å². The van der Waals surface area contributed by atoms with Crippen molar-refractivity contribution in [3.8, 4) is 0 Å². The molecule has 0 aromatic carbocycles. The van der Waals surface area contributed by atoms with E-state index in [1.54, 1.807) is 0 Å². The molecule has 0 bridgehead atoms. The van der Waals surface area contributed by atoms with Crippen LogP contribution in [-0.4, -0.2) is 11.1 Å². The Kier molecular flexibility index (Phi) is 2.27. The Morgan fingerprint density at radius 1 is 1.58 bits per heavy atom. The number of aliphatic carboxylic acids is 1. The van der Waals surface area contributed by atoms with E-state index in [1.807, 2.05) is 6.92 Å². The fraction of sp³-hybridized carbons (Fsp3) is 0.700. The number of carbonyl (C=O) groups is 1. The molecule has 0 aromatic rings. The molecule has 0 aromatic heterocycles. The lowest BCUT2D eigenvalue weighted by molar-refractivity contribution is -0.139. The molecule has 12 heavy (non-hydrogen) atoms. The summed E-state index contributed by atoms with van der Waals surface area (Å²) in [7, 11) is 0. The predicted octanol–water partition coefficient (Wildman–Crippen LogP) is 2.60. The summed E-state index contributed by atoms with van der Waals surface area (Å²) in [5, 5.41) is 8.72. The van der Waals surface area contributed by atoms with Crippen LogP contribution in [0.2, 0.25) is 0 Å². The summed E-state index contributed by atoms with van der Waals surface area (Å²) >= 11 is 0. The van der Waals surface area contributed by atoms with Crippen LogP contribution in [0.4, 0.5) is 0 Å². The van der Waals surface area contributed by atoms with Crippen molar-refractivity contribution < 1.29 is 9.90 Å².